The number of aromatic nitrogens is 2. The van der Waals surface area contributed by atoms with Crippen molar-refractivity contribution >= 4 is 11.7 Å². The second kappa shape index (κ2) is 7.15. The van der Waals surface area contributed by atoms with Gasteiger partial charge in [0.15, 0.2) is 0 Å². The van der Waals surface area contributed by atoms with Crippen LogP contribution in [0.5, 0.6) is 5.88 Å². The average Bonchev–Trinajstić information content (AvgIpc) is 3.03. The van der Waals surface area contributed by atoms with Gasteiger partial charge in [-0.25, -0.2) is 9.97 Å². The maximum Gasteiger partial charge on any atom is 0.225 e. The van der Waals surface area contributed by atoms with Gasteiger partial charge in [0.1, 0.15) is 18.2 Å². The number of carbonyl (C=O) groups is 1. The van der Waals surface area contributed by atoms with Gasteiger partial charge < -0.3 is 14.5 Å². The molecule has 1 aliphatic carbocycles. The van der Waals surface area contributed by atoms with E-state index in [1.807, 2.05) is 30.0 Å². The van der Waals surface area contributed by atoms with Crippen LogP contribution in [0.3, 0.4) is 0 Å². The van der Waals surface area contributed by atoms with E-state index in [2.05, 4.69) is 9.97 Å². The summed E-state index contributed by atoms with van der Waals surface area (Å²) in [6, 6.07) is 1.84. The van der Waals surface area contributed by atoms with E-state index in [0.717, 1.165) is 31.6 Å². The summed E-state index contributed by atoms with van der Waals surface area (Å²) in [6.45, 7) is 1.47. The fraction of sp³-hybridized carbons (Fsp3) is 0.706. The van der Waals surface area contributed by atoms with Crippen molar-refractivity contribution in [1.82, 2.24) is 14.9 Å². The molecule has 23 heavy (non-hydrogen) atoms. The molecule has 6 heteroatoms. The zero-order chi connectivity index (χ0) is 16.2. The van der Waals surface area contributed by atoms with E-state index in [9.17, 15) is 4.79 Å². The van der Waals surface area contributed by atoms with Crippen LogP contribution in [-0.4, -0.2) is 54.1 Å². The standard InChI is InChI=1S/C17H26N4O2/c1-20(2)15-10-16(19-12-18-15)23-14-8-9-21(11-14)17(22)13-6-4-3-5-7-13/h10,12-14H,3-9,11H2,1-2H3. The Hall–Kier alpha value is -1.85. The molecule has 0 spiro atoms. The third-order valence-electron chi connectivity index (χ3n) is 4.78. The van der Waals surface area contributed by atoms with Gasteiger partial charge in [-0.05, 0) is 12.8 Å². The van der Waals surface area contributed by atoms with Gasteiger partial charge >= 0.3 is 0 Å². The minimum Gasteiger partial charge on any atom is -0.472 e. The van der Waals surface area contributed by atoms with E-state index in [1.54, 1.807) is 0 Å². The average molecular weight is 318 g/mol. The minimum absolute atomic E-state index is 0.0347. The Morgan fingerprint density at radius 2 is 2.00 bits per heavy atom. The Morgan fingerprint density at radius 3 is 2.74 bits per heavy atom. The highest BCUT2D eigenvalue weighted by Gasteiger charge is 2.32. The van der Waals surface area contributed by atoms with Crippen molar-refractivity contribution in [2.75, 3.05) is 32.1 Å². The van der Waals surface area contributed by atoms with Crippen LogP contribution in [0.2, 0.25) is 0 Å². The fourth-order valence-corrected chi connectivity index (χ4v) is 3.44. The van der Waals surface area contributed by atoms with Crippen molar-refractivity contribution in [3.05, 3.63) is 12.4 Å². The van der Waals surface area contributed by atoms with Crippen LogP contribution in [0.25, 0.3) is 0 Å². The maximum absolute atomic E-state index is 12.6. The zero-order valence-electron chi connectivity index (χ0n) is 14.1. The molecule has 1 atom stereocenters. The van der Waals surface area contributed by atoms with Crippen LogP contribution < -0.4 is 9.64 Å². The fourth-order valence-electron chi connectivity index (χ4n) is 3.44. The minimum atomic E-state index is 0.0347. The number of nitrogens with zero attached hydrogens (tertiary/aromatic N) is 4. The lowest BCUT2D eigenvalue weighted by Crippen LogP contribution is -2.36. The summed E-state index contributed by atoms with van der Waals surface area (Å²) >= 11 is 0. The predicted molar refractivity (Wildman–Crippen MR) is 88.5 cm³/mol. The molecule has 2 heterocycles. The zero-order valence-corrected chi connectivity index (χ0v) is 14.1. The molecule has 126 valence electrons. The number of anilines is 1. The van der Waals surface area contributed by atoms with E-state index < -0.39 is 0 Å². The second-order valence-corrected chi connectivity index (χ2v) is 6.76. The number of ether oxygens (including phenoxy) is 1. The number of rotatable bonds is 4. The lowest BCUT2D eigenvalue weighted by molar-refractivity contribution is -0.135. The molecule has 2 aliphatic rings. The van der Waals surface area contributed by atoms with Crippen molar-refractivity contribution in [3.8, 4) is 5.88 Å². The number of amides is 1. The number of likely N-dealkylation sites (tertiary alicyclic amines) is 1. The molecule has 1 aromatic heterocycles. The molecule has 3 rings (SSSR count). The first-order valence-electron chi connectivity index (χ1n) is 8.58. The molecule has 1 saturated carbocycles. The summed E-state index contributed by atoms with van der Waals surface area (Å²) < 4.78 is 5.96. The number of hydrogen-bond acceptors (Lipinski definition) is 5. The highest BCUT2D eigenvalue weighted by molar-refractivity contribution is 5.79. The van der Waals surface area contributed by atoms with Crippen molar-refractivity contribution in [3.63, 3.8) is 0 Å². The van der Waals surface area contributed by atoms with Gasteiger partial charge in [0, 0.05) is 39.0 Å². The SMILES string of the molecule is CN(C)c1cc(OC2CCN(C(=O)C3CCCCC3)C2)ncn1. The van der Waals surface area contributed by atoms with Crippen LogP contribution in [0, 0.1) is 5.92 Å². The van der Waals surface area contributed by atoms with Gasteiger partial charge in [-0.15, -0.1) is 0 Å². The van der Waals surface area contributed by atoms with Gasteiger partial charge in [0.25, 0.3) is 0 Å². The topological polar surface area (TPSA) is 58.6 Å². The Balaban J connectivity index is 1.55. The maximum atomic E-state index is 12.6. The molecule has 1 aromatic rings. The van der Waals surface area contributed by atoms with Crippen molar-refractivity contribution in [2.45, 2.75) is 44.6 Å². The van der Waals surface area contributed by atoms with Crippen LogP contribution in [0.4, 0.5) is 5.82 Å². The molecule has 0 aromatic carbocycles. The summed E-state index contributed by atoms with van der Waals surface area (Å²) in [5, 5.41) is 0. The molecule has 6 nitrogen and oxygen atoms in total. The van der Waals surface area contributed by atoms with E-state index >= 15 is 0 Å². The molecule has 1 saturated heterocycles. The van der Waals surface area contributed by atoms with E-state index in [4.69, 9.17) is 4.74 Å². The first kappa shape index (κ1) is 16.0. The van der Waals surface area contributed by atoms with Crippen LogP contribution in [0.1, 0.15) is 38.5 Å². The summed E-state index contributed by atoms with van der Waals surface area (Å²) in [6.07, 6.45) is 8.20. The molecular weight excluding hydrogens is 292 g/mol. The normalized spacial score (nSPS) is 22.2. The molecule has 2 fully saturated rings. The van der Waals surface area contributed by atoms with E-state index in [-0.39, 0.29) is 12.0 Å². The highest BCUT2D eigenvalue weighted by Crippen LogP contribution is 2.27. The summed E-state index contributed by atoms with van der Waals surface area (Å²) in [5.74, 6) is 1.97. The molecule has 0 bridgehead atoms. The Kier molecular flexibility index (Phi) is 4.98. The molecule has 1 amide bonds. The number of hydrogen-bond donors (Lipinski definition) is 0. The predicted octanol–water partition coefficient (Wildman–Crippen LogP) is 2.10. The highest BCUT2D eigenvalue weighted by atomic mass is 16.5. The van der Waals surface area contributed by atoms with Crippen LogP contribution in [-0.2, 0) is 4.79 Å². The lowest BCUT2D eigenvalue weighted by atomic mass is 9.88. The molecule has 0 N–H and O–H groups in total. The monoisotopic (exact) mass is 318 g/mol. The summed E-state index contributed by atoms with van der Waals surface area (Å²) in [5.41, 5.74) is 0. The van der Waals surface area contributed by atoms with Gasteiger partial charge in [-0.2, -0.15) is 0 Å². The molecule has 1 aliphatic heterocycles. The van der Waals surface area contributed by atoms with Gasteiger partial charge in [0.05, 0.1) is 6.54 Å². The summed E-state index contributed by atoms with van der Waals surface area (Å²) in [4.78, 5) is 24.8. The first-order valence-corrected chi connectivity index (χ1v) is 8.58. The third kappa shape index (κ3) is 3.92. The Labute approximate surface area is 137 Å². The Morgan fingerprint density at radius 1 is 1.22 bits per heavy atom. The van der Waals surface area contributed by atoms with Crippen molar-refractivity contribution in [2.24, 2.45) is 5.92 Å². The molecule has 1 unspecified atom stereocenters. The molecule has 0 radical (unpaired) electrons. The van der Waals surface area contributed by atoms with Crippen molar-refractivity contribution < 1.29 is 9.53 Å². The van der Waals surface area contributed by atoms with E-state index in [1.165, 1.54) is 25.6 Å². The lowest BCUT2D eigenvalue weighted by Gasteiger charge is -2.26. The van der Waals surface area contributed by atoms with E-state index in [0.29, 0.717) is 18.3 Å². The quantitative estimate of drug-likeness (QED) is 0.851. The van der Waals surface area contributed by atoms with Gasteiger partial charge in [-0.3, -0.25) is 4.79 Å². The van der Waals surface area contributed by atoms with Crippen LogP contribution >= 0.6 is 0 Å². The largest absolute Gasteiger partial charge is 0.472 e. The second-order valence-electron chi connectivity index (χ2n) is 6.76. The van der Waals surface area contributed by atoms with Gasteiger partial charge in [-0.1, -0.05) is 19.3 Å². The smallest absolute Gasteiger partial charge is 0.225 e. The van der Waals surface area contributed by atoms with Crippen LogP contribution in [0.15, 0.2) is 12.4 Å². The Bertz CT molecular complexity index is 543. The first-order chi connectivity index (χ1) is 11.1. The number of carbonyl (C=O) groups excluding carboxylic acids is 1. The molecular formula is C17H26N4O2. The van der Waals surface area contributed by atoms with Crippen molar-refractivity contribution in [1.29, 1.82) is 0 Å². The summed E-state index contributed by atoms with van der Waals surface area (Å²) in [7, 11) is 3.87. The third-order valence-corrected chi connectivity index (χ3v) is 4.78. The van der Waals surface area contributed by atoms with Gasteiger partial charge in [0.2, 0.25) is 11.8 Å².